The Balaban J connectivity index is 2.17. The Morgan fingerprint density at radius 2 is 1.78 bits per heavy atom. The van der Waals surface area contributed by atoms with Crippen LogP contribution in [0.5, 0.6) is 0 Å². The molecule has 0 aliphatic carbocycles. The van der Waals surface area contributed by atoms with Gasteiger partial charge in [0.2, 0.25) is 15.9 Å². The normalized spacial score (nSPS) is 12.5. The first kappa shape index (κ1) is 21.5. The number of aryl methyl sites for hydroxylation is 1. The van der Waals surface area contributed by atoms with Crippen molar-refractivity contribution in [1.29, 1.82) is 0 Å². The lowest BCUT2D eigenvalue weighted by Crippen LogP contribution is -2.41. The van der Waals surface area contributed by atoms with Crippen molar-refractivity contribution in [3.05, 3.63) is 63.6 Å². The lowest BCUT2D eigenvalue weighted by atomic mass is 10.1. The van der Waals surface area contributed by atoms with E-state index in [0.29, 0.717) is 5.02 Å². The number of carbonyl (C=O) groups excluding carboxylic acids is 1. The molecule has 0 saturated heterocycles. The first-order chi connectivity index (χ1) is 12.6. The molecule has 0 saturated carbocycles. The van der Waals surface area contributed by atoms with Crippen molar-refractivity contribution in [3.63, 3.8) is 0 Å². The third-order valence-corrected chi connectivity index (χ3v) is 5.81. The number of hydrogen-bond acceptors (Lipinski definition) is 3. The zero-order valence-corrected chi connectivity index (χ0v) is 17.7. The van der Waals surface area contributed by atoms with Crippen molar-refractivity contribution in [2.45, 2.75) is 26.3 Å². The molecule has 0 aliphatic heterocycles. The van der Waals surface area contributed by atoms with E-state index in [4.69, 9.17) is 23.2 Å². The van der Waals surface area contributed by atoms with Crippen LogP contribution in [0.15, 0.2) is 42.5 Å². The van der Waals surface area contributed by atoms with Gasteiger partial charge in [-0.25, -0.2) is 8.42 Å². The smallest absolute Gasteiger partial charge is 0.241 e. The van der Waals surface area contributed by atoms with E-state index in [1.807, 2.05) is 31.2 Å². The predicted molar refractivity (Wildman–Crippen MR) is 111 cm³/mol. The van der Waals surface area contributed by atoms with E-state index in [2.05, 4.69) is 12.2 Å². The van der Waals surface area contributed by atoms with Crippen molar-refractivity contribution in [3.8, 4) is 0 Å². The molecule has 2 aromatic carbocycles. The molecule has 0 aliphatic rings. The summed E-state index contributed by atoms with van der Waals surface area (Å²) < 4.78 is 25.4. The van der Waals surface area contributed by atoms with Gasteiger partial charge < -0.3 is 5.32 Å². The van der Waals surface area contributed by atoms with E-state index in [0.717, 1.165) is 22.5 Å². The molecule has 0 aromatic heterocycles. The van der Waals surface area contributed by atoms with Gasteiger partial charge in [0, 0.05) is 5.02 Å². The molecule has 0 heterocycles. The van der Waals surface area contributed by atoms with Crippen LogP contribution in [0.25, 0.3) is 0 Å². The molecule has 146 valence electrons. The van der Waals surface area contributed by atoms with E-state index < -0.39 is 22.5 Å². The van der Waals surface area contributed by atoms with E-state index in [9.17, 15) is 13.2 Å². The molecule has 2 rings (SSSR count). The summed E-state index contributed by atoms with van der Waals surface area (Å²) in [4.78, 5) is 12.5. The van der Waals surface area contributed by atoms with Crippen molar-refractivity contribution >= 4 is 44.8 Å². The molecule has 1 atom stereocenters. The summed E-state index contributed by atoms with van der Waals surface area (Å²) in [6.45, 7) is 3.52. The second-order valence-corrected chi connectivity index (χ2v) is 9.00. The molecule has 0 spiro atoms. The lowest BCUT2D eigenvalue weighted by Gasteiger charge is -2.24. The number of amides is 1. The van der Waals surface area contributed by atoms with Crippen LogP contribution in [0.1, 0.15) is 31.0 Å². The Morgan fingerprint density at radius 3 is 2.33 bits per heavy atom. The summed E-state index contributed by atoms with van der Waals surface area (Å²) in [6.07, 6.45) is 1.95. The maximum atomic E-state index is 12.5. The Morgan fingerprint density at radius 1 is 1.15 bits per heavy atom. The van der Waals surface area contributed by atoms with E-state index >= 15 is 0 Å². The summed E-state index contributed by atoms with van der Waals surface area (Å²) in [7, 11) is -3.73. The third kappa shape index (κ3) is 5.86. The quantitative estimate of drug-likeness (QED) is 0.718. The number of sulfonamides is 1. The highest BCUT2D eigenvalue weighted by molar-refractivity contribution is 7.92. The Kier molecular flexibility index (Phi) is 7.14. The first-order valence-corrected chi connectivity index (χ1v) is 11.0. The van der Waals surface area contributed by atoms with Gasteiger partial charge >= 0.3 is 0 Å². The highest BCUT2D eigenvalue weighted by atomic mass is 35.5. The van der Waals surface area contributed by atoms with E-state index in [-0.39, 0.29) is 16.8 Å². The summed E-state index contributed by atoms with van der Waals surface area (Å²) in [5.74, 6) is -0.441. The minimum atomic E-state index is -3.73. The fourth-order valence-electron chi connectivity index (χ4n) is 2.60. The van der Waals surface area contributed by atoms with Gasteiger partial charge in [-0.3, -0.25) is 9.10 Å². The second kappa shape index (κ2) is 8.95. The fourth-order valence-corrected chi connectivity index (χ4v) is 3.90. The largest absolute Gasteiger partial charge is 0.348 e. The van der Waals surface area contributed by atoms with E-state index in [1.165, 1.54) is 17.7 Å². The van der Waals surface area contributed by atoms with Crippen LogP contribution in [0.3, 0.4) is 0 Å². The summed E-state index contributed by atoms with van der Waals surface area (Å²) in [5, 5.41) is 3.34. The average Bonchev–Trinajstić information content (AvgIpc) is 2.61. The Hall–Kier alpha value is -1.76. The minimum absolute atomic E-state index is 0.168. The van der Waals surface area contributed by atoms with Crippen molar-refractivity contribution in [2.75, 3.05) is 17.1 Å². The molecule has 0 radical (unpaired) electrons. The number of rotatable bonds is 7. The van der Waals surface area contributed by atoms with Gasteiger partial charge in [0.05, 0.1) is 23.0 Å². The molecule has 0 bridgehead atoms. The van der Waals surface area contributed by atoms with Crippen LogP contribution >= 0.6 is 23.2 Å². The molecule has 8 heteroatoms. The van der Waals surface area contributed by atoms with Gasteiger partial charge in [0.15, 0.2) is 0 Å². The minimum Gasteiger partial charge on any atom is -0.348 e. The van der Waals surface area contributed by atoms with Crippen LogP contribution in [0.2, 0.25) is 10.0 Å². The van der Waals surface area contributed by atoms with Gasteiger partial charge in [-0.05, 0) is 42.7 Å². The third-order valence-electron chi connectivity index (χ3n) is 4.13. The molecule has 5 nitrogen and oxygen atoms in total. The molecule has 1 N–H and O–H groups in total. The van der Waals surface area contributed by atoms with Gasteiger partial charge in [-0.1, -0.05) is 54.4 Å². The number of hydrogen-bond donors (Lipinski definition) is 1. The Bertz CT molecular complexity index is 915. The zero-order chi connectivity index (χ0) is 20.2. The van der Waals surface area contributed by atoms with Crippen LogP contribution in [-0.2, 0) is 21.2 Å². The van der Waals surface area contributed by atoms with Crippen molar-refractivity contribution in [2.24, 2.45) is 0 Å². The SMILES string of the molecule is CCc1ccc([C@H](C)NC(=O)CN(c2cc(Cl)ccc2Cl)S(C)(=O)=O)cc1. The number of carbonyl (C=O) groups is 1. The molecule has 0 unspecified atom stereocenters. The summed E-state index contributed by atoms with van der Waals surface area (Å²) in [6, 6.07) is 12.1. The van der Waals surface area contributed by atoms with Crippen LogP contribution < -0.4 is 9.62 Å². The number of benzene rings is 2. The maximum absolute atomic E-state index is 12.5. The molecular weight excluding hydrogens is 407 g/mol. The highest BCUT2D eigenvalue weighted by Crippen LogP contribution is 2.30. The van der Waals surface area contributed by atoms with Crippen LogP contribution in [-0.4, -0.2) is 27.1 Å². The van der Waals surface area contributed by atoms with Gasteiger partial charge in [0.1, 0.15) is 6.54 Å². The first-order valence-electron chi connectivity index (χ1n) is 8.42. The molecule has 27 heavy (non-hydrogen) atoms. The standard InChI is InChI=1S/C19H22Cl2N2O3S/c1-4-14-5-7-15(8-6-14)13(2)22-19(24)12-23(27(3,25)26)18-11-16(20)9-10-17(18)21/h5-11,13H,4,12H2,1-3H3,(H,22,24)/t13-/m0/s1. The molecule has 2 aromatic rings. The predicted octanol–water partition coefficient (Wildman–Crippen LogP) is 4.20. The molecule has 0 fully saturated rings. The number of nitrogens with zero attached hydrogens (tertiary/aromatic N) is 1. The molecule has 1 amide bonds. The van der Waals surface area contributed by atoms with Gasteiger partial charge in [-0.15, -0.1) is 0 Å². The monoisotopic (exact) mass is 428 g/mol. The maximum Gasteiger partial charge on any atom is 0.241 e. The Labute approximate surface area is 170 Å². The van der Waals surface area contributed by atoms with Crippen LogP contribution in [0.4, 0.5) is 5.69 Å². The summed E-state index contributed by atoms with van der Waals surface area (Å²) in [5.41, 5.74) is 2.31. The number of nitrogens with one attached hydrogen (secondary N) is 1. The zero-order valence-electron chi connectivity index (χ0n) is 15.4. The van der Waals surface area contributed by atoms with Crippen molar-refractivity contribution < 1.29 is 13.2 Å². The van der Waals surface area contributed by atoms with Gasteiger partial charge in [-0.2, -0.15) is 0 Å². The van der Waals surface area contributed by atoms with Gasteiger partial charge in [0.25, 0.3) is 0 Å². The van der Waals surface area contributed by atoms with Crippen molar-refractivity contribution in [1.82, 2.24) is 5.32 Å². The molecular formula is C19H22Cl2N2O3S. The van der Waals surface area contributed by atoms with Crippen LogP contribution in [0, 0.1) is 0 Å². The lowest BCUT2D eigenvalue weighted by molar-refractivity contribution is -0.120. The second-order valence-electron chi connectivity index (χ2n) is 6.25. The topological polar surface area (TPSA) is 66.5 Å². The van der Waals surface area contributed by atoms with E-state index in [1.54, 1.807) is 6.07 Å². The summed E-state index contributed by atoms with van der Waals surface area (Å²) >= 11 is 12.1. The highest BCUT2D eigenvalue weighted by Gasteiger charge is 2.24. The number of halogens is 2. The number of anilines is 1. The average molecular weight is 429 g/mol. The fraction of sp³-hybridized carbons (Fsp3) is 0.316.